The minimum absolute atomic E-state index is 0.0713. The van der Waals surface area contributed by atoms with E-state index in [4.69, 9.17) is 4.74 Å². The van der Waals surface area contributed by atoms with Crippen molar-refractivity contribution in [3.8, 4) is 22.4 Å². The highest BCUT2D eigenvalue weighted by Gasteiger charge is 2.28. The van der Waals surface area contributed by atoms with Gasteiger partial charge in [0.1, 0.15) is 17.7 Å². The summed E-state index contributed by atoms with van der Waals surface area (Å²) in [5, 5.41) is 0. The lowest BCUT2D eigenvalue weighted by molar-refractivity contribution is -0.154. The number of hydrogen-bond acceptors (Lipinski definition) is 4. The molecule has 1 aliphatic heterocycles. The van der Waals surface area contributed by atoms with E-state index in [1.54, 1.807) is 24.3 Å². The molecule has 1 saturated heterocycles. The molecular weight excluding hydrogens is 444 g/mol. The number of carbonyl (C=O) groups is 1. The van der Waals surface area contributed by atoms with Crippen LogP contribution in [-0.2, 0) is 16.1 Å². The summed E-state index contributed by atoms with van der Waals surface area (Å²) >= 11 is 0.670. The van der Waals surface area contributed by atoms with Gasteiger partial charge in [0.2, 0.25) is 0 Å². The second kappa shape index (κ2) is 10.1. The van der Waals surface area contributed by atoms with Crippen LogP contribution in [0, 0.1) is 11.6 Å². The number of halogens is 2. The van der Waals surface area contributed by atoms with Gasteiger partial charge in [0.05, 0.1) is 10.6 Å². The fraction of sp³-hybridized carbons (Fsp3) is 0.346. The third kappa shape index (κ3) is 4.99. The van der Waals surface area contributed by atoms with Crippen LogP contribution in [0.15, 0.2) is 53.4 Å². The number of esters is 1. The van der Waals surface area contributed by atoms with Gasteiger partial charge in [0.25, 0.3) is 0 Å². The predicted octanol–water partition coefficient (Wildman–Crippen LogP) is 7.27. The third-order valence-electron chi connectivity index (χ3n) is 6.03. The SMILES string of the molecule is CC(C)c1c(SO)c(-c2ccc(F)cc2)c(-c2ccc(F)cc2)n1CCC1CCCC(=O)O1. The zero-order valence-corrected chi connectivity index (χ0v) is 19.5. The number of ether oxygens (including phenoxy) is 1. The molecule has 7 heteroatoms. The second-order valence-corrected chi connectivity index (χ2v) is 9.23. The number of aromatic nitrogens is 1. The van der Waals surface area contributed by atoms with Gasteiger partial charge in [-0.15, -0.1) is 0 Å². The molecule has 4 nitrogen and oxygen atoms in total. The van der Waals surface area contributed by atoms with Gasteiger partial charge in [-0.3, -0.25) is 4.79 Å². The Kier molecular flexibility index (Phi) is 7.20. The molecule has 2 aromatic carbocycles. The maximum atomic E-state index is 13.7. The Labute approximate surface area is 196 Å². The van der Waals surface area contributed by atoms with Crippen molar-refractivity contribution in [3.05, 3.63) is 65.9 Å². The van der Waals surface area contributed by atoms with Crippen molar-refractivity contribution < 1.29 is 22.9 Å². The lowest BCUT2D eigenvalue weighted by Gasteiger charge is -2.24. The van der Waals surface area contributed by atoms with Gasteiger partial charge in [0.15, 0.2) is 0 Å². The first kappa shape index (κ1) is 23.5. The zero-order chi connectivity index (χ0) is 23.5. The Morgan fingerprint density at radius 3 is 2.21 bits per heavy atom. The topological polar surface area (TPSA) is 51.5 Å². The molecule has 174 valence electrons. The normalized spacial score (nSPS) is 16.3. The van der Waals surface area contributed by atoms with Crippen LogP contribution < -0.4 is 0 Å². The summed E-state index contributed by atoms with van der Waals surface area (Å²) < 4.78 is 45.4. The van der Waals surface area contributed by atoms with Gasteiger partial charge in [-0.2, -0.15) is 0 Å². The second-order valence-electron chi connectivity index (χ2n) is 8.64. The van der Waals surface area contributed by atoms with Crippen molar-refractivity contribution in [3.63, 3.8) is 0 Å². The molecule has 1 unspecified atom stereocenters. The van der Waals surface area contributed by atoms with E-state index in [1.165, 1.54) is 24.3 Å². The first-order chi connectivity index (χ1) is 15.9. The largest absolute Gasteiger partial charge is 0.462 e. The van der Waals surface area contributed by atoms with Crippen LogP contribution in [0.1, 0.15) is 51.1 Å². The van der Waals surface area contributed by atoms with Gasteiger partial charge in [-0.25, -0.2) is 8.78 Å². The van der Waals surface area contributed by atoms with Gasteiger partial charge in [-0.1, -0.05) is 26.0 Å². The Balaban J connectivity index is 1.89. The average Bonchev–Trinajstić information content (AvgIpc) is 3.13. The standard InChI is InChI=1S/C26H27F2NO3S/c1-16(2)24-26(33-31)23(17-6-10-19(27)11-7-17)25(18-8-12-20(28)13-9-18)29(24)15-14-21-4-3-5-22(30)32-21/h6-13,16,21,31H,3-5,14-15H2,1-2H3. The maximum Gasteiger partial charge on any atom is 0.306 e. The molecule has 1 N–H and O–H groups in total. The molecule has 0 bridgehead atoms. The number of cyclic esters (lactones) is 1. The van der Waals surface area contributed by atoms with Crippen molar-refractivity contribution in [2.24, 2.45) is 0 Å². The number of nitrogens with zero attached hydrogens (tertiary/aromatic N) is 1. The summed E-state index contributed by atoms with van der Waals surface area (Å²) in [5.74, 6) is -0.778. The molecule has 1 aromatic heterocycles. The van der Waals surface area contributed by atoms with Crippen molar-refractivity contribution in [2.75, 3.05) is 0 Å². The van der Waals surface area contributed by atoms with Crippen molar-refractivity contribution in [2.45, 2.75) is 63.0 Å². The fourth-order valence-electron chi connectivity index (χ4n) is 4.56. The molecule has 1 aliphatic rings. The van der Waals surface area contributed by atoms with Gasteiger partial charge in [0, 0.05) is 42.7 Å². The van der Waals surface area contributed by atoms with Crippen LogP contribution >= 0.6 is 12.0 Å². The Hall–Kier alpha value is -2.64. The van der Waals surface area contributed by atoms with E-state index >= 15 is 0 Å². The van der Waals surface area contributed by atoms with Crippen LogP contribution in [0.3, 0.4) is 0 Å². The van der Waals surface area contributed by atoms with Gasteiger partial charge < -0.3 is 13.9 Å². The van der Waals surface area contributed by atoms with E-state index in [2.05, 4.69) is 18.4 Å². The lowest BCUT2D eigenvalue weighted by atomic mass is 10.00. The fourth-order valence-corrected chi connectivity index (χ4v) is 5.30. The summed E-state index contributed by atoms with van der Waals surface area (Å²) in [6, 6.07) is 12.4. The van der Waals surface area contributed by atoms with Crippen LogP contribution in [0.4, 0.5) is 8.78 Å². The van der Waals surface area contributed by atoms with E-state index in [0.717, 1.165) is 40.9 Å². The van der Waals surface area contributed by atoms with Gasteiger partial charge >= 0.3 is 5.97 Å². The molecule has 0 spiro atoms. The molecule has 0 aliphatic carbocycles. The molecule has 4 rings (SSSR count). The highest BCUT2D eigenvalue weighted by Crippen LogP contribution is 2.46. The summed E-state index contributed by atoms with van der Waals surface area (Å²) in [6.45, 7) is 4.66. The predicted molar refractivity (Wildman–Crippen MR) is 126 cm³/mol. The molecule has 0 amide bonds. The summed E-state index contributed by atoms with van der Waals surface area (Å²) in [5.41, 5.74) is 4.08. The Bertz CT molecular complexity index is 1120. The number of hydrogen-bond donors (Lipinski definition) is 1. The van der Waals surface area contributed by atoms with Crippen LogP contribution in [-0.4, -0.2) is 21.2 Å². The van der Waals surface area contributed by atoms with E-state index in [-0.39, 0.29) is 29.6 Å². The minimum atomic E-state index is -0.345. The van der Waals surface area contributed by atoms with E-state index in [0.29, 0.717) is 36.3 Å². The molecule has 0 saturated carbocycles. The lowest BCUT2D eigenvalue weighted by Crippen LogP contribution is -2.25. The summed E-state index contributed by atoms with van der Waals surface area (Å²) in [6.07, 6.45) is 2.57. The molecule has 3 aromatic rings. The van der Waals surface area contributed by atoms with E-state index in [9.17, 15) is 18.1 Å². The van der Waals surface area contributed by atoms with E-state index < -0.39 is 0 Å². The highest BCUT2D eigenvalue weighted by atomic mass is 32.2. The first-order valence-corrected chi connectivity index (χ1v) is 12.0. The Morgan fingerprint density at radius 1 is 1.06 bits per heavy atom. The van der Waals surface area contributed by atoms with Crippen molar-refractivity contribution in [1.29, 1.82) is 0 Å². The highest BCUT2D eigenvalue weighted by molar-refractivity contribution is 7.94. The van der Waals surface area contributed by atoms with Crippen LogP contribution in [0.5, 0.6) is 0 Å². The monoisotopic (exact) mass is 471 g/mol. The smallest absolute Gasteiger partial charge is 0.306 e. The third-order valence-corrected chi connectivity index (χ3v) is 6.62. The van der Waals surface area contributed by atoms with E-state index in [1.807, 2.05) is 0 Å². The molecule has 33 heavy (non-hydrogen) atoms. The zero-order valence-electron chi connectivity index (χ0n) is 18.7. The number of rotatable bonds is 7. The first-order valence-electron chi connectivity index (χ1n) is 11.2. The van der Waals surface area contributed by atoms with Crippen molar-refractivity contribution >= 4 is 18.0 Å². The number of carbonyl (C=O) groups excluding carboxylic acids is 1. The summed E-state index contributed by atoms with van der Waals surface area (Å²) in [7, 11) is 0. The van der Waals surface area contributed by atoms with Crippen LogP contribution in [0.25, 0.3) is 22.4 Å². The Morgan fingerprint density at radius 2 is 1.67 bits per heavy atom. The molecular formula is C26H27F2NO3S. The average molecular weight is 472 g/mol. The molecule has 0 radical (unpaired) electrons. The van der Waals surface area contributed by atoms with Crippen molar-refractivity contribution in [1.82, 2.24) is 4.57 Å². The minimum Gasteiger partial charge on any atom is -0.462 e. The number of benzene rings is 2. The van der Waals surface area contributed by atoms with Gasteiger partial charge in [-0.05, 0) is 66.3 Å². The molecule has 1 fully saturated rings. The quantitative estimate of drug-likeness (QED) is 0.291. The summed E-state index contributed by atoms with van der Waals surface area (Å²) in [4.78, 5) is 12.5. The molecule has 1 atom stereocenters. The maximum absolute atomic E-state index is 13.7. The molecule has 2 heterocycles. The van der Waals surface area contributed by atoms with Crippen LogP contribution in [0.2, 0.25) is 0 Å².